The van der Waals surface area contributed by atoms with Crippen LogP contribution in [0, 0.1) is 17.3 Å². The molecule has 0 spiro atoms. The van der Waals surface area contributed by atoms with Crippen LogP contribution in [0.5, 0.6) is 0 Å². The molecule has 2 nitrogen and oxygen atoms in total. The van der Waals surface area contributed by atoms with E-state index in [9.17, 15) is 4.79 Å². The number of likely N-dealkylation sites (tertiary alicyclic amines) is 1. The molecule has 1 fully saturated rings. The van der Waals surface area contributed by atoms with E-state index in [1.54, 1.807) is 0 Å². The van der Waals surface area contributed by atoms with Gasteiger partial charge in [-0.1, -0.05) is 27.7 Å². The van der Waals surface area contributed by atoms with E-state index in [-0.39, 0.29) is 5.41 Å². The Morgan fingerprint density at radius 2 is 2.13 bits per heavy atom. The Labute approximate surface area is 98.8 Å². The van der Waals surface area contributed by atoms with Gasteiger partial charge < -0.3 is 4.90 Å². The zero-order chi connectivity index (χ0) is 11.6. The summed E-state index contributed by atoms with van der Waals surface area (Å²) in [5.74, 6) is 2.30. The van der Waals surface area contributed by atoms with Gasteiger partial charge in [-0.25, -0.2) is 0 Å². The van der Waals surface area contributed by atoms with Gasteiger partial charge in [0.15, 0.2) is 0 Å². The molecule has 1 heterocycles. The van der Waals surface area contributed by atoms with Crippen molar-refractivity contribution >= 4 is 18.5 Å². The van der Waals surface area contributed by atoms with E-state index >= 15 is 0 Å². The minimum Gasteiger partial charge on any atom is -0.342 e. The quantitative estimate of drug-likeness (QED) is 0.734. The normalized spacial score (nSPS) is 22.9. The standard InChI is InChI=1S/C12H23NOS/c1-9(2)10-5-11(14)13(6-10)7-12(3,4)8-15/h9-10,15H,5-8H2,1-4H3. The topological polar surface area (TPSA) is 20.3 Å². The zero-order valence-electron chi connectivity index (χ0n) is 10.3. The maximum Gasteiger partial charge on any atom is 0.222 e. The van der Waals surface area contributed by atoms with Crippen molar-refractivity contribution < 1.29 is 4.79 Å². The maximum atomic E-state index is 11.8. The molecule has 0 aromatic heterocycles. The monoisotopic (exact) mass is 229 g/mol. The Bertz CT molecular complexity index is 238. The fraction of sp³-hybridized carbons (Fsp3) is 0.917. The summed E-state index contributed by atoms with van der Waals surface area (Å²) in [5, 5.41) is 0. The highest BCUT2D eigenvalue weighted by Gasteiger charge is 2.34. The van der Waals surface area contributed by atoms with E-state index in [1.165, 1.54) is 0 Å². The van der Waals surface area contributed by atoms with Gasteiger partial charge >= 0.3 is 0 Å². The van der Waals surface area contributed by atoms with Crippen molar-refractivity contribution in [1.29, 1.82) is 0 Å². The van der Waals surface area contributed by atoms with Crippen molar-refractivity contribution in [3.05, 3.63) is 0 Å². The fourth-order valence-electron chi connectivity index (χ4n) is 1.97. The molecule has 1 amide bonds. The number of amides is 1. The molecule has 1 saturated heterocycles. The lowest BCUT2D eigenvalue weighted by atomic mass is 9.94. The summed E-state index contributed by atoms with van der Waals surface area (Å²) in [4.78, 5) is 13.8. The van der Waals surface area contributed by atoms with Crippen LogP contribution in [0.25, 0.3) is 0 Å². The second-order valence-corrected chi connectivity index (χ2v) is 6.12. The predicted octanol–water partition coefficient (Wildman–Crippen LogP) is 2.45. The molecule has 0 aromatic rings. The number of hydrogen-bond donors (Lipinski definition) is 1. The molecule has 88 valence electrons. The summed E-state index contributed by atoms with van der Waals surface area (Å²) in [7, 11) is 0. The van der Waals surface area contributed by atoms with Gasteiger partial charge in [0.05, 0.1) is 0 Å². The van der Waals surface area contributed by atoms with Crippen LogP contribution in [0.4, 0.5) is 0 Å². The Morgan fingerprint density at radius 3 is 2.53 bits per heavy atom. The molecule has 3 heteroatoms. The molecule has 0 radical (unpaired) electrons. The largest absolute Gasteiger partial charge is 0.342 e. The van der Waals surface area contributed by atoms with Gasteiger partial charge in [0.25, 0.3) is 0 Å². The number of rotatable bonds is 4. The lowest BCUT2D eigenvalue weighted by Crippen LogP contribution is -2.36. The van der Waals surface area contributed by atoms with Crippen molar-refractivity contribution in [2.45, 2.75) is 34.1 Å². The second kappa shape index (κ2) is 4.77. The third kappa shape index (κ3) is 3.40. The Morgan fingerprint density at radius 1 is 1.53 bits per heavy atom. The minimum atomic E-state index is 0.130. The molecule has 0 saturated carbocycles. The van der Waals surface area contributed by atoms with E-state index in [0.717, 1.165) is 25.3 Å². The van der Waals surface area contributed by atoms with Crippen LogP contribution in [0.15, 0.2) is 0 Å². The summed E-state index contributed by atoms with van der Waals surface area (Å²) >= 11 is 4.33. The highest BCUT2D eigenvalue weighted by Crippen LogP contribution is 2.28. The lowest BCUT2D eigenvalue weighted by Gasteiger charge is -2.29. The number of thiol groups is 1. The molecule has 0 aromatic carbocycles. The molecule has 1 unspecified atom stereocenters. The van der Waals surface area contributed by atoms with Crippen molar-refractivity contribution in [2.24, 2.45) is 17.3 Å². The number of hydrogen-bond acceptors (Lipinski definition) is 2. The van der Waals surface area contributed by atoms with Gasteiger partial charge in [0.2, 0.25) is 5.91 Å². The van der Waals surface area contributed by atoms with E-state index in [4.69, 9.17) is 0 Å². The lowest BCUT2D eigenvalue weighted by molar-refractivity contribution is -0.128. The fourth-order valence-corrected chi connectivity index (χ4v) is 2.07. The molecular weight excluding hydrogens is 206 g/mol. The van der Waals surface area contributed by atoms with E-state index in [0.29, 0.717) is 17.7 Å². The number of carbonyl (C=O) groups excluding carboxylic acids is 1. The molecule has 0 aliphatic carbocycles. The Balaban J connectivity index is 2.55. The van der Waals surface area contributed by atoms with Crippen LogP contribution in [0.3, 0.4) is 0 Å². The molecule has 0 bridgehead atoms. The average Bonchev–Trinajstić information content (AvgIpc) is 2.47. The first-order valence-corrected chi connectivity index (χ1v) is 6.37. The summed E-state index contributed by atoms with van der Waals surface area (Å²) in [6.07, 6.45) is 0.736. The van der Waals surface area contributed by atoms with E-state index in [2.05, 4.69) is 40.3 Å². The first-order chi connectivity index (χ1) is 6.85. The summed E-state index contributed by atoms with van der Waals surface area (Å²) in [6.45, 7) is 10.5. The van der Waals surface area contributed by atoms with Crippen molar-refractivity contribution in [1.82, 2.24) is 4.90 Å². The van der Waals surface area contributed by atoms with Gasteiger partial charge in [-0.15, -0.1) is 0 Å². The minimum absolute atomic E-state index is 0.130. The Kier molecular flexibility index (Phi) is 4.10. The summed E-state index contributed by atoms with van der Waals surface area (Å²) < 4.78 is 0. The van der Waals surface area contributed by atoms with Crippen LogP contribution in [0.2, 0.25) is 0 Å². The van der Waals surface area contributed by atoms with Gasteiger partial charge in [0, 0.05) is 19.5 Å². The van der Waals surface area contributed by atoms with Gasteiger partial charge in [-0.3, -0.25) is 4.79 Å². The average molecular weight is 229 g/mol. The molecule has 1 aliphatic rings. The second-order valence-electron chi connectivity index (χ2n) is 5.80. The van der Waals surface area contributed by atoms with Crippen LogP contribution >= 0.6 is 12.6 Å². The van der Waals surface area contributed by atoms with E-state index in [1.807, 2.05) is 4.90 Å². The molecule has 15 heavy (non-hydrogen) atoms. The SMILES string of the molecule is CC(C)C1CC(=O)N(CC(C)(C)CS)C1. The zero-order valence-corrected chi connectivity index (χ0v) is 11.2. The van der Waals surface area contributed by atoms with Crippen molar-refractivity contribution in [2.75, 3.05) is 18.8 Å². The molecule has 0 N–H and O–H groups in total. The highest BCUT2D eigenvalue weighted by atomic mass is 32.1. The number of carbonyl (C=O) groups is 1. The summed E-state index contributed by atoms with van der Waals surface area (Å²) in [6, 6.07) is 0. The number of nitrogens with zero attached hydrogens (tertiary/aromatic N) is 1. The van der Waals surface area contributed by atoms with Crippen LogP contribution in [0.1, 0.15) is 34.1 Å². The maximum absolute atomic E-state index is 11.8. The van der Waals surface area contributed by atoms with Crippen molar-refractivity contribution in [3.63, 3.8) is 0 Å². The molecule has 1 aliphatic heterocycles. The van der Waals surface area contributed by atoms with Gasteiger partial charge in [-0.05, 0) is 23.0 Å². The third-order valence-corrected chi connectivity index (χ3v) is 4.09. The van der Waals surface area contributed by atoms with Crippen molar-refractivity contribution in [3.8, 4) is 0 Å². The van der Waals surface area contributed by atoms with Crippen LogP contribution < -0.4 is 0 Å². The van der Waals surface area contributed by atoms with Crippen LogP contribution in [-0.2, 0) is 4.79 Å². The van der Waals surface area contributed by atoms with Gasteiger partial charge in [0.1, 0.15) is 0 Å². The van der Waals surface area contributed by atoms with Gasteiger partial charge in [-0.2, -0.15) is 12.6 Å². The predicted molar refractivity (Wildman–Crippen MR) is 67.2 cm³/mol. The highest BCUT2D eigenvalue weighted by molar-refractivity contribution is 7.80. The first kappa shape index (κ1) is 12.9. The van der Waals surface area contributed by atoms with E-state index < -0.39 is 0 Å². The first-order valence-electron chi connectivity index (χ1n) is 5.74. The Hall–Kier alpha value is -0.180. The van der Waals surface area contributed by atoms with Crippen LogP contribution in [-0.4, -0.2) is 29.6 Å². The molecule has 1 atom stereocenters. The molecule has 1 rings (SSSR count). The molecular formula is C12H23NOS. The summed E-state index contributed by atoms with van der Waals surface area (Å²) in [5.41, 5.74) is 0.130. The smallest absolute Gasteiger partial charge is 0.222 e. The third-order valence-electron chi connectivity index (χ3n) is 3.23.